The highest BCUT2D eigenvalue weighted by molar-refractivity contribution is 6.08. The first-order chi connectivity index (χ1) is 15.3. The first-order valence-corrected chi connectivity index (χ1v) is 10.5. The molecule has 3 aromatic rings. The Morgan fingerprint density at radius 3 is 2.75 bits per heavy atom. The SMILES string of the molecule is COCCOc1ccc2[nH]c3c(c2c1)CC1(C)C(=O)N(C)C(=O)N1C3c1cccc(O)c1. The van der Waals surface area contributed by atoms with Gasteiger partial charge in [0.1, 0.15) is 29.7 Å². The lowest BCUT2D eigenvalue weighted by molar-refractivity contribution is -0.132. The van der Waals surface area contributed by atoms with E-state index in [4.69, 9.17) is 9.47 Å². The number of phenolic OH excluding ortho intramolecular Hbond substituents is 1. The van der Waals surface area contributed by atoms with Crippen LogP contribution in [-0.2, 0) is 16.0 Å². The number of carbonyl (C=O) groups excluding carboxylic acids is 2. The molecular weight excluding hydrogens is 410 g/mol. The Balaban J connectivity index is 1.70. The first-order valence-electron chi connectivity index (χ1n) is 10.5. The zero-order valence-electron chi connectivity index (χ0n) is 18.2. The number of amides is 3. The van der Waals surface area contributed by atoms with Gasteiger partial charge in [-0.25, -0.2) is 4.79 Å². The fourth-order valence-electron chi connectivity index (χ4n) is 4.97. The minimum absolute atomic E-state index is 0.104. The number of urea groups is 1. The molecule has 0 aliphatic carbocycles. The van der Waals surface area contributed by atoms with E-state index in [0.29, 0.717) is 25.4 Å². The van der Waals surface area contributed by atoms with Crippen molar-refractivity contribution in [2.45, 2.75) is 24.9 Å². The molecule has 2 N–H and O–H groups in total. The highest BCUT2D eigenvalue weighted by atomic mass is 16.5. The average Bonchev–Trinajstić information content (AvgIpc) is 3.21. The lowest BCUT2D eigenvalue weighted by atomic mass is 9.81. The number of aromatic hydroxyl groups is 1. The van der Waals surface area contributed by atoms with Gasteiger partial charge >= 0.3 is 6.03 Å². The molecule has 0 bridgehead atoms. The number of ether oxygens (including phenoxy) is 2. The van der Waals surface area contributed by atoms with Gasteiger partial charge in [-0.1, -0.05) is 12.1 Å². The Morgan fingerprint density at radius 2 is 2.00 bits per heavy atom. The predicted molar refractivity (Wildman–Crippen MR) is 118 cm³/mol. The van der Waals surface area contributed by atoms with E-state index >= 15 is 0 Å². The lowest BCUT2D eigenvalue weighted by Gasteiger charge is -2.42. The highest BCUT2D eigenvalue weighted by Gasteiger charge is 2.59. The van der Waals surface area contributed by atoms with Gasteiger partial charge in [-0.05, 0) is 48.4 Å². The van der Waals surface area contributed by atoms with Crippen LogP contribution in [0.4, 0.5) is 4.79 Å². The summed E-state index contributed by atoms with van der Waals surface area (Å²) in [5.74, 6) is 0.580. The van der Waals surface area contributed by atoms with Gasteiger partial charge in [-0.3, -0.25) is 14.6 Å². The third-order valence-corrected chi connectivity index (χ3v) is 6.50. The second-order valence-electron chi connectivity index (χ2n) is 8.53. The molecule has 1 fully saturated rings. The van der Waals surface area contributed by atoms with E-state index in [1.807, 2.05) is 31.2 Å². The van der Waals surface area contributed by atoms with Crippen LogP contribution in [0.3, 0.4) is 0 Å². The summed E-state index contributed by atoms with van der Waals surface area (Å²) in [7, 11) is 3.14. The van der Waals surface area contributed by atoms with Gasteiger partial charge in [0.25, 0.3) is 5.91 Å². The average molecular weight is 435 g/mol. The van der Waals surface area contributed by atoms with Crippen LogP contribution in [0, 0.1) is 0 Å². The number of nitrogens with zero attached hydrogens (tertiary/aromatic N) is 2. The standard InChI is InChI=1S/C24H25N3O5/c1-24-13-18-17-12-16(32-10-9-31-3)7-8-19(17)25-20(18)21(14-5-4-6-15(28)11-14)27(24)23(30)26(2)22(24)29/h4-8,11-12,21,25,28H,9-10,13H2,1-3H3. The number of rotatable bonds is 5. The van der Waals surface area contributed by atoms with Gasteiger partial charge in [-0.15, -0.1) is 0 Å². The largest absolute Gasteiger partial charge is 0.508 e. The topological polar surface area (TPSA) is 95.1 Å². The Kier molecular flexibility index (Phi) is 4.63. The van der Waals surface area contributed by atoms with E-state index in [0.717, 1.165) is 27.7 Å². The van der Waals surface area contributed by atoms with Gasteiger partial charge in [0.2, 0.25) is 0 Å². The van der Waals surface area contributed by atoms with Crippen molar-refractivity contribution in [1.82, 2.24) is 14.8 Å². The number of methoxy groups -OCH3 is 1. The van der Waals surface area contributed by atoms with Crippen molar-refractivity contribution >= 4 is 22.8 Å². The van der Waals surface area contributed by atoms with Crippen LogP contribution in [0.25, 0.3) is 10.9 Å². The van der Waals surface area contributed by atoms with Gasteiger partial charge in [0.05, 0.1) is 6.61 Å². The molecule has 1 saturated heterocycles. The minimum atomic E-state index is -1.03. The van der Waals surface area contributed by atoms with E-state index < -0.39 is 11.6 Å². The molecule has 3 heterocycles. The molecule has 8 nitrogen and oxygen atoms in total. The zero-order chi connectivity index (χ0) is 22.6. The summed E-state index contributed by atoms with van der Waals surface area (Å²) >= 11 is 0. The number of aromatic amines is 1. The van der Waals surface area contributed by atoms with Crippen molar-refractivity contribution in [3.8, 4) is 11.5 Å². The van der Waals surface area contributed by atoms with E-state index in [1.54, 1.807) is 30.2 Å². The van der Waals surface area contributed by atoms with Crippen LogP contribution >= 0.6 is 0 Å². The molecule has 2 atom stereocenters. The van der Waals surface area contributed by atoms with Gasteiger partial charge in [0, 0.05) is 37.2 Å². The molecule has 0 saturated carbocycles. The molecule has 8 heteroatoms. The van der Waals surface area contributed by atoms with Crippen molar-refractivity contribution in [2.75, 3.05) is 27.4 Å². The molecule has 0 spiro atoms. The summed E-state index contributed by atoms with van der Waals surface area (Å²) in [5.41, 5.74) is 2.42. The fraction of sp³-hybridized carbons (Fsp3) is 0.333. The normalized spacial score (nSPS) is 22.4. The number of H-pyrrole nitrogens is 1. The van der Waals surface area contributed by atoms with Crippen molar-refractivity contribution < 1.29 is 24.2 Å². The number of phenols is 1. The smallest absolute Gasteiger partial charge is 0.328 e. The molecule has 2 aliphatic heterocycles. The summed E-state index contributed by atoms with van der Waals surface area (Å²) in [4.78, 5) is 32.7. The van der Waals surface area contributed by atoms with Crippen LogP contribution in [0.2, 0.25) is 0 Å². The van der Waals surface area contributed by atoms with Crippen LogP contribution in [0.15, 0.2) is 42.5 Å². The number of hydrogen-bond donors (Lipinski definition) is 2. The summed E-state index contributed by atoms with van der Waals surface area (Å²) in [6.07, 6.45) is 0.383. The van der Waals surface area contributed by atoms with E-state index in [1.165, 1.54) is 11.9 Å². The monoisotopic (exact) mass is 435 g/mol. The van der Waals surface area contributed by atoms with Crippen molar-refractivity contribution in [1.29, 1.82) is 0 Å². The Morgan fingerprint density at radius 1 is 1.19 bits per heavy atom. The van der Waals surface area contributed by atoms with Crippen LogP contribution in [-0.4, -0.2) is 64.7 Å². The second kappa shape index (κ2) is 7.27. The quantitative estimate of drug-likeness (QED) is 0.474. The Labute approximate surface area is 185 Å². The number of nitrogens with one attached hydrogen (secondary N) is 1. The number of likely N-dealkylation sites (N-methyl/N-ethyl adjacent to an activating group) is 1. The highest BCUT2D eigenvalue weighted by Crippen LogP contribution is 2.49. The third-order valence-electron chi connectivity index (χ3n) is 6.50. The zero-order valence-corrected chi connectivity index (χ0v) is 18.2. The number of carbonyl (C=O) groups is 2. The van der Waals surface area contributed by atoms with E-state index in [9.17, 15) is 14.7 Å². The van der Waals surface area contributed by atoms with Crippen LogP contribution < -0.4 is 4.74 Å². The number of imide groups is 1. The molecule has 32 heavy (non-hydrogen) atoms. The summed E-state index contributed by atoms with van der Waals surface area (Å²) in [6, 6.07) is 11.7. The molecule has 0 radical (unpaired) electrons. The van der Waals surface area contributed by atoms with Gasteiger partial charge in [0.15, 0.2) is 0 Å². The maximum absolute atomic E-state index is 13.2. The van der Waals surface area contributed by atoms with Crippen molar-refractivity contribution in [3.63, 3.8) is 0 Å². The molecular formula is C24H25N3O5. The van der Waals surface area contributed by atoms with Crippen molar-refractivity contribution in [3.05, 3.63) is 59.3 Å². The maximum Gasteiger partial charge on any atom is 0.328 e. The van der Waals surface area contributed by atoms with E-state index in [2.05, 4.69) is 4.98 Å². The molecule has 1 aromatic heterocycles. The molecule has 166 valence electrons. The molecule has 2 aliphatic rings. The van der Waals surface area contributed by atoms with Gasteiger partial charge in [-0.2, -0.15) is 0 Å². The molecule has 3 amide bonds. The van der Waals surface area contributed by atoms with E-state index in [-0.39, 0.29) is 17.7 Å². The lowest BCUT2D eigenvalue weighted by Crippen LogP contribution is -2.53. The molecule has 5 rings (SSSR count). The number of fused-ring (bicyclic) bond motifs is 4. The van der Waals surface area contributed by atoms with Gasteiger partial charge < -0.3 is 19.6 Å². The van der Waals surface area contributed by atoms with Crippen molar-refractivity contribution in [2.24, 2.45) is 0 Å². The molecule has 2 aromatic carbocycles. The number of aromatic nitrogens is 1. The third kappa shape index (κ3) is 2.86. The summed E-state index contributed by atoms with van der Waals surface area (Å²) in [5, 5.41) is 11.1. The predicted octanol–water partition coefficient (Wildman–Crippen LogP) is 3.20. The summed E-state index contributed by atoms with van der Waals surface area (Å²) in [6.45, 7) is 2.73. The fourth-order valence-corrected chi connectivity index (χ4v) is 4.97. The number of benzene rings is 2. The minimum Gasteiger partial charge on any atom is -0.508 e. The molecule has 2 unspecified atom stereocenters. The Hall–Kier alpha value is -3.52. The second-order valence-corrected chi connectivity index (χ2v) is 8.53. The van der Waals surface area contributed by atoms with Crippen LogP contribution in [0.5, 0.6) is 11.5 Å². The summed E-state index contributed by atoms with van der Waals surface area (Å²) < 4.78 is 10.9. The van der Waals surface area contributed by atoms with Crippen LogP contribution in [0.1, 0.15) is 29.8 Å². The Bertz CT molecular complexity index is 1240. The first kappa shape index (κ1) is 20.4. The number of hydrogen-bond acceptors (Lipinski definition) is 5. The maximum atomic E-state index is 13.2.